The summed E-state index contributed by atoms with van der Waals surface area (Å²) in [4.78, 5) is 0. The predicted octanol–water partition coefficient (Wildman–Crippen LogP) is 2.47. The normalized spacial score (nSPS) is 16.4. The molecule has 0 aliphatic carbocycles. The van der Waals surface area contributed by atoms with Crippen molar-refractivity contribution in [3.63, 3.8) is 0 Å². The zero-order valence-corrected chi connectivity index (χ0v) is 9.02. The highest BCUT2D eigenvalue weighted by Crippen LogP contribution is 2.11. The maximum Gasteiger partial charge on any atom is 0.0187 e. The Morgan fingerprint density at radius 3 is 2.08 bits per heavy atom. The van der Waals surface area contributed by atoms with Gasteiger partial charge in [-0.25, -0.2) is 0 Å². The molecule has 2 unspecified atom stereocenters. The second-order valence-electron chi connectivity index (χ2n) is 3.75. The van der Waals surface area contributed by atoms with Crippen molar-refractivity contribution >= 4 is 11.1 Å². The van der Waals surface area contributed by atoms with E-state index < -0.39 is 11.1 Å². The van der Waals surface area contributed by atoms with Crippen LogP contribution in [-0.2, 0) is 11.1 Å². The fourth-order valence-corrected chi connectivity index (χ4v) is 1.44. The van der Waals surface area contributed by atoms with E-state index in [1.807, 2.05) is 0 Å². The highest BCUT2D eigenvalue weighted by atomic mass is 32.2. The summed E-state index contributed by atoms with van der Waals surface area (Å²) in [7, 11) is 0. The Morgan fingerprint density at radius 1 is 1.17 bits per heavy atom. The minimum Gasteiger partial charge on any atom is -0.772 e. The van der Waals surface area contributed by atoms with E-state index in [1.54, 1.807) is 6.92 Å². The minimum absolute atomic E-state index is 0.169. The van der Waals surface area contributed by atoms with Crippen LogP contribution >= 0.6 is 0 Å². The van der Waals surface area contributed by atoms with Crippen LogP contribution in [0.15, 0.2) is 0 Å². The Morgan fingerprint density at radius 2 is 1.67 bits per heavy atom. The Bertz CT molecular complexity index is 134. The smallest absolute Gasteiger partial charge is 0.0187 e. The average molecular weight is 191 g/mol. The molecule has 0 aliphatic rings. The molecule has 0 radical (unpaired) electrons. The number of rotatable bonds is 6. The van der Waals surface area contributed by atoms with Crippen LogP contribution in [-0.4, -0.2) is 14.0 Å². The summed E-state index contributed by atoms with van der Waals surface area (Å²) in [5.41, 5.74) is 0. The molecular formula is C9H19O2S-. The molecule has 12 heavy (non-hydrogen) atoms. The third-order valence-electron chi connectivity index (χ3n) is 1.97. The van der Waals surface area contributed by atoms with Crippen LogP contribution in [0, 0.1) is 5.92 Å². The first-order chi connectivity index (χ1) is 5.54. The van der Waals surface area contributed by atoms with Gasteiger partial charge in [-0.3, -0.25) is 4.21 Å². The molecule has 0 saturated carbocycles. The lowest BCUT2D eigenvalue weighted by Crippen LogP contribution is -2.09. The fraction of sp³-hybridized carbons (Fsp3) is 1.00. The van der Waals surface area contributed by atoms with Gasteiger partial charge in [0, 0.05) is 5.25 Å². The molecule has 0 aromatic carbocycles. The molecule has 0 N–H and O–H groups in total. The molecule has 2 nitrogen and oxygen atoms in total. The van der Waals surface area contributed by atoms with Crippen molar-refractivity contribution in [2.75, 3.05) is 0 Å². The second kappa shape index (κ2) is 6.61. The minimum atomic E-state index is -1.87. The third kappa shape index (κ3) is 6.80. The molecule has 0 amide bonds. The van der Waals surface area contributed by atoms with Gasteiger partial charge in [0.1, 0.15) is 0 Å². The van der Waals surface area contributed by atoms with E-state index in [0.29, 0.717) is 0 Å². The van der Waals surface area contributed by atoms with Crippen LogP contribution < -0.4 is 0 Å². The molecule has 0 aromatic heterocycles. The van der Waals surface area contributed by atoms with Crippen molar-refractivity contribution in [1.82, 2.24) is 0 Å². The summed E-state index contributed by atoms with van der Waals surface area (Å²) >= 11 is -1.87. The molecule has 0 saturated heterocycles. The molecule has 0 heterocycles. The Labute approximate surface area is 78.0 Å². The van der Waals surface area contributed by atoms with Crippen LogP contribution in [0.5, 0.6) is 0 Å². The molecule has 0 spiro atoms. The maximum absolute atomic E-state index is 10.4. The monoisotopic (exact) mass is 191 g/mol. The van der Waals surface area contributed by atoms with E-state index in [-0.39, 0.29) is 5.25 Å². The predicted molar refractivity (Wildman–Crippen MR) is 51.7 cm³/mol. The van der Waals surface area contributed by atoms with Crippen LogP contribution in [0.1, 0.15) is 46.5 Å². The van der Waals surface area contributed by atoms with E-state index in [4.69, 9.17) is 0 Å². The van der Waals surface area contributed by atoms with Crippen LogP contribution in [0.25, 0.3) is 0 Å². The fourth-order valence-electron chi connectivity index (χ4n) is 1.08. The lowest BCUT2D eigenvalue weighted by molar-refractivity contribution is 0.500. The van der Waals surface area contributed by atoms with Gasteiger partial charge in [0.05, 0.1) is 0 Å². The van der Waals surface area contributed by atoms with Gasteiger partial charge in [-0.05, 0) is 12.3 Å². The van der Waals surface area contributed by atoms with Gasteiger partial charge < -0.3 is 4.55 Å². The molecule has 0 fully saturated rings. The van der Waals surface area contributed by atoms with Crippen molar-refractivity contribution in [3.8, 4) is 0 Å². The van der Waals surface area contributed by atoms with Gasteiger partial charge in [-0.2, -0.15) is 0 Å². The maximum atomic E-state index is 10.4. The lowest BCUT2D eigenvalue weighted by Gasteiger charge is -2.14. The molecule has 0 aliphatic heterocycles. The van der Waals surface area contributed by atoms with E-state index in [1.165, 1.54) is 6.42 Å². The summed E-state index contributed by atoms with van der Waals surface area (Å²) < 4.78 is 20.9. The van der Waals surface area contributed by atoms with Gasteiger partial charge in [0.15, 0.2) is 0 Å². The van der Waals surface area contributed by atoms with Crippen molar-refractivity contribution in [1.29, 1.82) is 0 Å². The zero-order chi connectivity index (χ0) is 9.56. The van der Waals surface area contributed by atoms with E-state index >= 15 is 0 Å². The SMILES string of the molecule is CC(C)CCCCC(C)S(=O)[O-]. The van der Waals surface area contributed by atoms with Crippen molar-refractivity contribution in [2.45, 2.75) is 51.7 Å². The molecule has 0 bridgehead atoms. The Kier molecular flexibility index (Phi) is 6.67. The van der Waals surface area contributed by atoms with Gasteiger partial charge in [-0.15, -0.1) is 0 Å². The Hall–Kier alpha value is 0.110. The second-order valence-corrected chi connectivity index (χ2v) is 5.08. The first kappa shape index (κ1) is 12.1. The van der Waals surface area contributed by atoms with Crippen LogP contribution in [0.3, 0.4) is 0 Å². The summed E-state index contributed by atoms with van der Waals surface area (Å²) in [6.45, 7) is 6.14. The summed E-state index contributed by atoms with van der Waals surface area (Å²) in [5, 5.41) is -0.169. The third-order valence-corrected chi connectivity index (χ3v) is 2.86. The van der Waals surface area contributed by atoms with Gasteiger partial charge in [0.25, 0.3) is 0 Å². The molecule has 0 rings (SSSR count). The Balaban J connectivity index is 3.25. The summed E-state index contributed by atoms with van der Waals surface area (Å²) in [5.74, 6) is 0.734. The van der Waals surface area contributed by atoms with Crippen LogP contribution in [0.2, 0.25) is 0 Å². The van der Waals surface area contributed by atoms with Gasteiger partial charge >= 0.3 is 0 Å². The van der Waals surface area contributed by atoms with Gasteiger partial charge in [0.2, 0.25) is 0 Å². The number of hydrogen-bond donors (Lipinski definition) is 0. The van der Waals surface area contributed by atoms with Crippen LogP contribution in [0.4, 0.5) is 0 Å². The highest BCUT2D eigenvalue weighted by Gasteiger charge is 2.01. The largest absolute Gasteiger partial charge is 0.772 e. The van der Waals surface area contributed by atoms with E-state index in [2.05, 4.69) is 13.8 Å². The molecule has 74 valence electrons. The van der Waals surface area contributed by atoms with E-state index in [9.17, 15) is 8.76 Å². The zero-order valence-electron chi connectivity index (χ0n) is 8.21. The first-order valence-electron chi connectivity index (χ1n) is 4.62. The lowest BCUT2D eigenvalue weighted by atomic mass is 10.0. The molecule has 0 aromatic rings. The molecule has 2 atom stereocenters. The van der Waals surface area contributed by atoms with Crippen molar-refractivity contribution in [3.05, 3.63) is 0 Å². The first-order valence-corrected chi connectivity index (χ1v) is 5.76. The summed E-state index contributed by atoms with van der Waals surface area (Å²) in [6.07, 6.45) is 4.20. The average Bonchev–Trinajstić information content (AvgIpc) is 1.97. The number of unbranched alkanes of at least 4 members (excludes halogenated alkanes) is 1. The quantitative estimate of drug-likeness (QED) is 0.478. The van der Waals surface area contributed by atoms with Gasteiger partial charge in [-0.1, -0.05) is 51.1 Å². The highest BCUT2D eigenvalue weighted by molar-refractivity contribution is 7.79. The standard InChI is InChI=1S/C9H20O2S/c1-8(2)6-4-5-7-9(3)12(10)11/h8-9H,4-7H2,1-3H3,(H,10,11)/p-1. The topological polar surface area (TPSA) is 40.1 Å². The molecular weight excluding hydrogens is 172 g/mol. The van der Waals surface area contributed by atoms with Crippen molar-refractivity contribution < 1.29 is 8.76 Å². The number of hydrogen-bond acceptors (Lipinski definition) is 2. The molecule has 3 heteroatoms. The summed E-state index contributed by atoms with van der Waals surface area (Å²) in [6, 6.07) is 0. The van der Waals surface area contributed by atoms with Crippen molar-refractivity contribution in [2.24, 2.45) is 5.92 Å². The van der Waals surface area contributed by atoms with E-state index in [0.717, 1.165) is 25.2 Å².